The van der Waals surface area contributed by atoms with Crippen molar-refractivity contribution >= 4 is 0 Å². The van der Waals surface area contributed by atoms with Crippen LogP contribution in [-0.2, 0) is 4.74 Å². The van der Waals surface area contributed by atoms with E-state index in [0.29, 0.717) is 12.5 Å². The van der Waals surface area contributed by atoms with Crippen LogP contribution < -0.4 is 0 Å². The average molecular weight is 186 g/mol. The summed E-state index contributed by atoms with van der Waals surface area (Å²) in [7, 11) is 0. The first-order chi connectivity index (χ1) is 6.02. The third kappa shape index (κ3) is 3.65. The van der Waals surface area contributed by atoms with Gasteiger partial charge in [-0.25, -0.2) is 0 Å². The third-order valence-electron chi connectivity index (χ3n) is 2.75. The molecule has 2 unspecified atom stereocenters. The summed E-state index contributed by atoms with van der Waals surface area (Å²) in [6.07, 6.45) is 4.42. The molecule has 1 aliphatic carbocycles. The molecule has 0 aliphatic heterocycles. The van der Waals surface area contributed by atoms with Crippen LogP contribution in [0.4, 0.5) is 0 Å². The SMILES string of the molecule is CC1CCCC(O)(COC(C)C)C1. The van der Waals surface area contributed by atoms with E-state index < -0.39 is 5.60 Å². The Morgan fingerprint density at radius 2 is 2.23 bits per heavy atom. The van der Waals surface area contributed by atoms with Crippen molar-refractivity contribution in [2.24, 2.45) is 5.92 Å². The Morgan fingerprint density at radius 1 is 1.54 bits per heavy atom. The topological polar surface area (TPSA) is 29.5 Å². The standard InChI is InChI=1S/C11H22O2/c1-9(2)13-8-11(12)6-4-5-10(3)7-11/h9-10,12H,4-8H2,1-3H3. The number of hydrogen-bond donors (Lipinski definition) is 1. The van der Waals surface area contributed by atoms with Gasteiger partial charge in [0.25, 0.3) is 0 Å². The van der Waals surface area contributed by atoms with Crippen LogP contribution in [0.25, 0.3) is 0 Å². The van der Waals surface area contributed by atoms with E-state index in [9.17, 15) is 5.11 Å². The van der Waals surface area contributed by atoms with Gasteiger partial charge in [-0.1, -0.05) is 19.8 Å². The second-order valence-corrected chi connectivity index (χ2v) is 4.79. The van der Waals surface area contributed by atoms with Gasteiger partial charge in [0.1, 0.15) is 0 Å². The highest BCUT2D eigenvalue weighted by molar-refractivity contribution is 4.84. The van der Waals surface area contributed by atoms with Crippen molar-refractivity contribution in [3.05, 3.63) is 0 Å². The predicted octanol–water partition coefficient (Wildman–Crippen LogP) is 2.35. The molecule has 0 aromatic heterocycles. The Labute approximate surface area is 81.3 Å². The molecule has 13 heavy (non-hydrogen) atoms. The highest BCUT2D eigenvalue weighted by atomic mass is 16.5. The van der Waals surface area contributed by atoms with E-state index in [2.05, 4.69) is 6.92 Å². The smallest absolute Gasteiger partial charge is 0.0882 e. The maximum Gasteiger partial charge on any atom is 0.0882 e. The van der Waals surface area contributed by atoms with Gasteiger partial charge in [-0.15, -0.1) is 0 Å². The molecule has 0 saturated heterocycles. The lowest BCUT2D eigenvalue weighted by molar-refractivity contribution is -0.0924. The fourth-order valence-electron chi connectivity index (χ4n) is 2.09. The van der Waals surface area contributed by atoms with Gasteiger partial charge >= 0.3 is 0 Å². The molecule has 2 heteroatoms. The zero-order valence-electron chi connectivity index (χ0n) is 9.05. The molecular weight excluding hydrogens is 164 g/mol. The van der Waals surface area contributed by atoms with Gasteiger partial charge in [0.2, 0.25) is 0 Å². The normalized spacial score (nSPS) is 35.3. The van der Waals surface area contributed by atoms with Crippen LogP contribution in [0.2, 0.25) is 0 Å². The molecule has 0 radical (unpaired) electrons. The van der Waals surface area contributed by atoms with Crippen molar-refractivity contribution in [2.45, 2.75) is 58.2 Å². The van der Waals surface area contributed by atoms with Crippen LogP contribution in [-0.4, -0.2) is 23.4 Å². The fraction of sp³-hybridized carbons (Fsp3) is 1.00. The summed E-state index contributed by atoms with van der Waals surface area (Å²) in [5.74, 6) is 0.648. The molecule has 2 nitrogen and oxygen atoms in total. The van der Waals surface area contributed by atoms with Crippen LogP contribution in [0.1, 0.15) is 46.5 Å². The molecular formula is C11H22O2. The Kier molecular flexibility index (Phi) is 3.74. The van der Waals surface area contributed by atoms with Gasteiger partial charge in [-0.2, -0.15) is 0 Å². The first kappa shape index (κ1) is 11.0. The van der Waals surface area contributed by atoms with Crippen LogP contribution in [0, 0.1) is 5.92 Å². The minimum absolute atomic E-state index is 0.223. The summed E-state index contributed by atoms with van der Waals surface area (Å²) >= 11 is 0. The molecule has 0 aromatic rings. The molecule has 78 valence electrons. The first-order valence-electron chi connectivity index (χ1n) is 5.36. The van der Waals surface area contributed by atoms with Crippen LogP contribution in [0.5, 0.6) is 0 Å². The van der Waals surface area contributed by atoms with E-state index in [-0.39, 0.29) is 6.10 Å². The van der Waals surface area contributed by atoms with Crippen LogP contribution in [0.15, 0.2) is 0 Å². The zero-order valence-corrected chi connectivity index (χ0v) is 9.05. The molecule has 1 saturated carbocycles. The van der Waals surface area contributed by atoms with E-state index >= 15 is 0 Å². The highest BCUT2D eigenvalue weighted by Gasteiger charge is 2.32. The lowest BCUT2D eigenvalue weighted by atomic mass is 9.79. The Balaban J connectivity index is 2.35. The van der Waals surface area contributed by atoms with Crippen LogP contribution >= 0.6 is 0 Å². The molecule has 0 amide bonds. The van der Waals surface area contributed by atoms with Gasteiger partial charge in [0.05, 0.1) is 18.3 Å². The molecule has 1 aliphatic rings. The van der Waals surface area contributed by atoms with Crippen molar-refractivity contribution in [3.63, 3.8) is 0 Å². The van der Waals surface area contributed by atoms with Crippen molar-refractivity contribution in [3.8, 4) is 0 Å². The minimum atomic E-state index is -0.540. The van der Waals surface area contributed by atoms with Crippen molar-refractivity contribution in [2.75, 3.05) is 6.61 Å². The van der Waals surface area contributed by atoms with Gasteiger partial charge in [0.15, 0.2) is 0 Å². The summed E-state index contributed by atoms with van der Waals surface area (Å²) in [5, 5.41) is 10.2. The number of aliphatic hydroxyl groups is 1. The first-order valence-corrected chi connectivity index (χ1v) is 5.36. The summed E-state index contributed by atoms with van der Waals surface area (Å²) < 4.78 is 5.48. The molecule has 0 aromatic carbocycles. The Hall–Kier alpha value is -0.0800. The number of rotatable bonds is 3. The lowest BCUT2D eigenvalue weighted by Gasteiger charge is -2.35. The highest BCUT2D eigenvalue weighted by Crippen LogP contribution is 2.32. The van der Waals surface area contributed by atoms with E-state index in [1.54, 1.807) is 0 Å². The summed E-state index contributed by atoms with van der Waals surface area (Å²) in [6, 6.07) is 0. The maximum absolute atomic E-state index is 10.2. The van der Waals surface area contributed by atoms with E-state index in [4.69, 9.17) is 4.74 Å². The third-order valence-corrected chi connectivity index (χ3v) is 2.75. The van der Waals surface area contributed by atoms with Gasteiger partial charge in [-0.3, -0.25) is 0 Å². The lowest BCUT2D eigenvalue weighted by Crippen LogP contribution is -2.40. The molecule has 0 heterocycles. The molecule has 0 bridgehead atoms. The molecule has 1 fully saturated rings. The summed E-state index contributed by atoms with van der Waals surface area (Å²) in [5.41, 5.74) is -0.540. The van der Waals surface area contributed by atoms with Gasteiger partial charge in [-0.05, 0) is 32.6 Å². The van der Waals surface area contributed by atoms with Gasteiger partial charge in [0, 0.05) is 0 Å². The van der Waals surface area contributed by atoms with Crippen LogP contribution in [0.3, 0.4) is 0 Å². The molecule has 1 N–H and O–H groups in total. The molecule has 2 atom stereocenters. The van der Waals surface area contributed by atoms with Crippen molar-refractivity contribution in [1.29, 1.82) is 0 Å². The quantitative estimate of drug-likeness (QED) is 0.733. The average Bonchev–Trinajstić information content (AvgIpc) is 2.01. The fourth-order valence-corrected chi connectivity index (χ4v) is 2.09. The maximum atomic E-state index is 10.2. The second-order valence-electron chi connectivity index (χ2n) is 4.79. The van der Waals surface area contributed by atoms with E-state index in [0.717, 1.165) is 19.3 Å². The Bertz CT molecular complexity index is 156. The van der Waals surface area contributed by atoms with Gasteiger partial charge < -0.3 is 9.84 Å². The minimum Gasteiger partial charge on any atom is -0.387 e. The molecule has 1 rings (SSSR count). The van der Waals surface area contributed by atoms with E-state index in [1.165, 1.54) is 6.42 Å². The molecule has 0 spiro atoms. The Morgan fingerprint density at radius 3 is 2.77 bits per heavy atom. The van der Waals surface area contributed by atoms with E-state index in [1.807, 2.05) is 13.8 Å². The largest absolute Gasteiger partial charge is 0.387 e. The van der Waals surface area contributed by atoms with Crippen molar-refractivity contribution < 1.29 is 9.84 Å². The number of hydrogen-bond acceptors (Lipinski definition) is 2. The number of ether oxygens (including phenoxy) is 1. The summed E-state index contributed by atoms with van der Waals surface area (Å²) in [4.78, 5) is 0. The predicted molar refractivity (Wildman–Crippen MR) is 53.7 cm³/mol. The zero-order chi connectivity index (χ0) is 9.90. The van der Waals surface area contributed by atoms with Crippen molar-refractivity contribution in [1.82, 2.24) is 0 Å². The summed E-state index contributed by atoms with van der Waals surface area (Å²) in [6.45, 7) is 6.74. The second kappa shape index (κ2) is 4.43. The monoisotopic (exact) mass is 186 g/mol.